The standard InChI is InChI=1S/C19H26F2N4O5S/c1-7-12-11(8(2)23-16(26)15(20)21)18(28)25(12)13(19(29)30)14(7)31-9-5-10(22-6-9)17(27)24(3)4/h7-12,15,22H,5-6H2,1-4H3,(H,23,26)(H,29,30)/t7-,8?,9+,10+,11-,12-/m1/s1. The number of aliphatic carboxylic acids is 1. The van der Waals surface area contributed by atoms with Crippen LogP contribution in [0.1, 0.15) is 20.3 Å². The van der Waals surface area contributed by atoms with Gasteiger partial charge < -0.3 is 25.5 Å². The molecule has 0 bridgehead atoms. The van der Waals surface area contributed by atoms with Gasteiger partial charge in [-0.2, -0.15) is 8.78 Å². The second kappa shape index (κ2) is 8.73. The van der Waals surface area contributed by atoms with Crippen LogP contribution >= 0.6 is 11.8 Å². The summed E-state index contributed by atoms with van der Waals surface area (Å²) in [6.45, 7) is 3.78. The molecule has 3 heterocycles. The number of nitrogens with one attached hydrogen (secondary N) is 2. The van der Waals surface area contributed by atoms with E-state index in [0.29, 0.717) is 17.9 Å². The molecular weight excluding hydrogens is 434 g/mol. The maximum Gasteiger partial charge on any atom is 0.353 e. The van der Waals surface area contributed by atoms with E-state index in [4.69, 9.17) is 0 Å². The van der Waals surface area contributed by atoms with E-state index in [9.17, 15) is 33.1 Å². The summed E-state index contributed by atoms with van der Waals surface area (Å²) in [5.74, 6) is -4.38. The summed E-state index contributed by atoms with van der Waals surface area (Å²) in [4.78, 5) is 51.4. The summed E-state index contributed by atoms with van der Waals surface area (Å²) in [6.07, 6.45) is -2.67. The Hall–Kier alpha value is -2.21. The first-order valence-corrected chi connectivity index (χ1v) is 10.8. The predicted octanol–water partition coefficient (Wildman–Crippen LogP) is 0.0810. The Morgan fingerprint density at radius 3 is 2.52 bits per heavy atom. The van der Waals surface area contributed by atoms with E-state index in [-0.39, 0.29) is 28.8 Å². The van der Waals surface area contributed by atoms with Crippen molar-refractivity contribution in [3.8, 4) is 0 Å². The van der Waals surface area contributed by atoms with Crippen molar-refractivity contribution in [1.29, 1.82) is 0 Å². The Morgan fingerprint density at radius 1 is 1.32 bits per heavy atom. The number of thioether (sulfide) groups is 1. The van der Waals surface area contributed by atoms with E-state index in [2.05, 4.69) is 10.6 Å². The van der Waals surface area contributed by atoms with Crippen LogP contribution in [0.5, 0.6) is 0 Å². The lowest BCUT2D eigenvalue weighted by molar-refractivity contribution is -0.159. The maximum atomic E-state index is 12.7. The van der Waals surface area contributed by atoms with Crippen molar-refractivity contribution >= 4 is 35.5 Å². The van der Waals surface area contributed by atoms with Gasteiger partial charge in [0.2, 0.25) is 11.8 Å². The van der Waals surface area contributed by atoms with Crippen molar-refractivity contribution < 1.29 is 33.1 Å². The van der Waals surface area contributed by atoms with Gasteiger partial charge in [-0.3, -0.25) is 14.4 Å². The van der Waals surface area contributed by atoms with E-state index < -0.39 is 42.2 Å². The van der Waals surface area contributed by atoms with Crippen LogP contribution in [0, 0.1) is 11.8 Å². The molecule has 3 aliphatic rings. The van der Waals surface area contributed by atoms with Crippen LogP contribution in [-0.2, 0) is 19.2 Å². The zero-order valence-electron chi connectivity index (χ0n) is 17.6. The van der Waals surface area contributed by atoms with Gasteiger partial charge in [-0.1, -0.05) is 6.92 Å². The maximum absolute atomic E-state index is 12.7. The second-order valence-electron chi connectivity index (χ2n) is 8.30. The van der Waals surface area contributed by atoms with Crippen LogP contribution in [0.4, 0.5) is 8.78 Å². The number of carbonyl (C=O) groups is 4. The first kappa shape index (κ1) is 23.5. The number of carboxylic acids is 1. The fraction of sp³-hybridized carbons (Fsp3) is 0.684. The fourth-order valence-corrected chi connectivity index (χ4v) is 6.02. The van der Waals surface area contributed by atoms with E-state index in [0.717, 1.165) is 0 Å². The average molecular weight is 461 g/mol. The van der Waals surface area contributed by atoms with Gasteiger partial charge in [-0.05, 0) is 13.3 Å². The van der Waals surface area contributed by atoms with Crippen molar-refractivity contribution in [3.63, 3.8) is 0 Å². The molecule has 3 amide bonds. The molecule has 172 valence electrons. The van der Waals surface area contributed by atoms with Gasteiger partial charge in [0.25, 0.3) is 5.91 Å². The van der Waals surface area contributed by atoms with Crippen LogP contribution in [0.25, 0.3) is 0 Å². The van der Waals surface area contributed by atoms with Crippen molar-refractivity contribution in [2.75, 3.05) is 20.6 Å². The highest BCUT2D eigenvalue weighted by atomic mass is 32.2. The van der Waals surface area contributed by atoms with E-state index in [1.54, 1.807) is 21.0 Å². The summed E-state index contributed by atoms with van der Waals surface area (Å²) in [5.41, 5.74) is -0.0986. The molecule has 1 unspecified atom stereocenters. The summed E-state index contributed by atoms with van der Waals surface area (Å²) < 4.78 is 25.2. The van der Waals surface area contributed by atoms with Crippen LogP contribution in [-0.4, -0.2) is 89.0 Å². The number of halogens is 2. The number of hydrogen-bond acceptors (Lipinski definition) is 6. The lowest BCUT2D eigenvalue weighted by atomic mass is 9.78. The van der Waals surface area contributed by atoms with Gasteiger partial charge in [-0.25, -0.2) is 4.79 Å². The molecule has 0 spiro atoms. The molecule has 12 heteroatoms. The Labute approximate surface area is 182 Å². The van der Waals surface area contributed by atoms with Gasteiger partial charge in [-0.15, -0.1) is 11.8 Å². The molecule has 0 aromatic heterocycles. The Balaban J connectivity index is 1.75. The lowest BCUT2D eigenvalue weighted by Crippen LogP contribution is -2.66. The Morgan fingerprint density at radius 2 is 1.97 bits per heavy atom. The minimum Gasteiger partial charge on any atom is -0.477 e. The molecule has 9 nitrogen and oxygen atoms in total. The minimum absolute atomic E-state index is 0.0519. The minimum atomic E-state index is -3.19. The molecule has 0 radical (unpaired) electrons. The quantitative estimate of drug-likeness (QED) is 0.461. The molecule has 6 atom stereocenters. The molecule has 2 saturated heterocycles. The topological polar surface area (TPSA) is 119 Å². The van der Waals surface area contributed by atoms with Crippen molar-refractivity contribution in [3.05, 3.63) is 10.6 Å². The zero-order chi connectivity index (χ0) is 23.2. The van der Waals surface area contributed by atoms with Crippen LogP contribution in [0.2, 0.25) is 0 Å². The molecule has 3 N–H and O–H groups in total. The summed E-state index contributed by atoms with van der Waals surface area (Å²) >= 11 is 1.34. The molecule has 0 aliphatic carbocycles. The Kier molecular flexibility index (Phi) is 6.61. The number of likely N-dealkylation sites (N-methyl/N-ethyl adjacent to an activating group) is 1. The van der Waals surface area contributed by atoms with Crippen LogP contribution in [0.15, 0.2) is 10.6 Å². The van der Waals surface area contributed by atoms with Crippen molar-refractivity contribution in [2.24, 2.45) is 11.8 Å². The van der Waals surface area contributed by atoms with Gasteiger partial charge >= 0.3 is 12.4 Å². The SMILES string of the molecule is CC(NC(=O)C(F)F)[C@H]1C(=O)N2C(C(=O)O)=C(S[C@@H]3CN[C@H](C(=O)N(C)C)C3)[C@H](C)[C@H]12. The number of nitrogens with zero attached hydrogens (tertiary/aromatic N) is 2. The smallest absolute Gasteiger partial charge is 0.353 e. The normalized spacial score (nSPS) is 30.9. The molecule has 0 aromatic carbocycles. The van der Waals surface area contributed by atoms with Crippen LogP contribution < -0.4 is 10.6 Å². The molecule has 0 saturated carbocycles. The number of carboxylic acid groups (broad SMARTS) is 1. The molecule has 31 heavy (non-hydrogen) atoms. The molecule has 3 rings (SSSR count). The highest BCUT2D eigenvalue weighted by Gasteiger charge is 2.60. The van der Waals surface area contributed by atoms with E-state index in [1.165, 1.54) is 28.5 Å². The monoisotopic (exact) mass is 460 g/mol. The number of rotatable bonds is 7. The number of fused-ring (bicyclic) bond motifs is 1. The highest BCUT2D eigenvalue weighted by molar-refractivity contribution is 8.03. The van der Waals surface area contributed by atoms with Crippen molar-refractivity contribution in [2.45, 2.75) is 50.1 Å². The predicted molar refractivity (Wildman–Crippen MR) is 108 cm³/mol. The van der Waals surface area contributed by atoms with Gasteiger partial charge in [0.1, 0.15) is 5.70 Å². The van der Waals surface area contributed by atoms with Gasteiger partial charge in [0.05, 0.1) is 18.0 Å². The molecule has 3 aliphatic heterocycles. The largest absolute Gasteiger partial charge is 0.477 e. The van der Waals surface area contributed by atoms with Gasteiger partial charge in [0, 0.05) is 42.8 Å². The second-order valence-corrected chi connectivity index (χ2v) is 9.64. The number of hydrogen-bond donors (Lipinski definition) is 3. The number of alkyl halides is 2. The first-order valence-electron chi connectivity index (χ1n) is 9.95. The highest BCUT2D eigenvalue weighted by Crippen LogP contribution is 2.51. The van der Waals surface area contributed by atoms with Crippen LogP contribution in [0.3, 0.4) is 0 Å². The number of amides is 3. The number of β-lactam (4-membered cyclic amide) rings is 1. The number of carbonyl (C=O) groups excluding carboxylic acids is 3. The van der Waals surface area contributed by atoms with Gasteiger partial charge in [0.15, 0.2) is 0 Å². The molecule has 0 aromatic rings. The summed E-state index contributed by atoms with van der Waals surface area (Å²) in [6, 6.07) is -1.73. The third kappa shape index (κ3) is 4.14. The summed E-state index contributed by atoms with van der Waals surface area (Å²) in [7, 11) is 3.33. The third-order valence-corrected chi connectivity index (χ3v) is 7.53. The summed E-state index contributed by atoms with van der Waals surface area (Å²) in [5, 5.41) is 15.0. The average Bonchev–Trinajstić information content (AvgIpc) is 3.23. The lowest BCUT2D eigenvalue weighted by Gasteiger charge is -2.47. The third-order valence-electron chi connectivity index (χ3n) is 6.02. The molecular formula is C19H26F2N4O5S. The first-order chi connectivity index (χ1) is 14.5. The Bertz CT molecular complexity index is 836. The fourth-order valence-electron chi connectivity index (χ4n) is 4.55. The molecule has 2 fully saturated rings. The van der Waals surface area contributed by atoms with E-state index >= 15 is 0 Å². The van der Waals surface area contributed by atoms with E-state index in [1.807, 2.05) is 0 Å². The zero-order valence-corrected chi connectivity index (χ0v) is 18.4. The van der Waals surface area contributed by atoms with Crippen molar-refractivity contribution in [1.82, 2.24) is 20.4 Å².